The zero-order valence-corrected chi connectivity index (χ0v) is 16.1. The molecule has 0 radical (unpaired) electrons. The van der Waals surface area contributed by atoms with Crippen molar-refractivity contribution in [2.24, 2.45) is 0 Å². The van der Waals surface area contributed by atoms with Gasteiger partial charge in [0.25, 0.3) is 0 Å². The Morgan fingerprint density at radius 1 is 1.11 bits per heavy atom. The van der Waals surface area contributed by atoms with E-state index in [1.165, 1.54) is 6.07 Å². The lowest BCUT2D eigenvalue weighted by Gasteiger charge is -2.25. The number of aryl methyl sites for hydroxylation is 1. The molecule has 0 aromatic heterocycles. The number of benzene rings is 2. The van der Waals surface area contributed by atoms with Gasteiger partial charge in [0.05, 0.1) is 20.3 Å². The van der Waals surface area contributed by atoms with E-state index in [2.05, 4.69) is 5.32 Å². The topological polar surface area (TPSA) is 50.8 Å². The summed E-state index contributed by atoms with van der Waals surface area (Å²) in [7, 11) is 4.96. The summed E-state index contributed by atoms with van der Waals surface area (Å²) in [6, 6.07) is 6.52. The summed E-state index contributed by atoms with van der Waals surface area (Å²) in [6.45, 7) is 4.20. The first-order valence-corrected chi connectivity index (χ1v) is 8.44. The molecule has 0 saturated carbocycles. The first kappa shape index (κ1) is 20.6. The number of amides is 1. The third-order valence-corrected chi connectivity index (χ3v) is 4.49. The second-order valence-electron chi connectivity index (χ2n) is 6.34. The zero-order valence-electron chi connectivity index (χ0n) is 16.1. The van der Waals surface area contributed by atoms with Gasteiger partial charge in [0.2, 0.25) is 5.91 Å². The van der Waals surface area contributed by atoms with Crippen LogP contribution in [0.25, 0.3) is 0 Å². The van der Waals surface area contributed by atoms with Crippen molar-refractivity contribution in [2.45, 2.75) is 26.4 Å². The van der Waals surface area contributed by atoms with Gasteiger partial charge in [-0.3, -0.25) is 9.69 Å². The Bertz CT molecular complexity index is 827. The smallest absolute Gasteiger partial charge is 0.241 e. The van der Waals surface area contributed by atoms with Crippen molar-refractivity contribution in [2.75, 3.05) is 26.6 Å². The Labute approximate surface area is 157 Å². The van der Waals surface area contributed by atoms with Crippen molar-refractivity contribution in [1.29, 1.82) is 0 Å². The van der Waals surface area contributed by atoms with Gasteiger partial charge >= 0.3 is 0 Å². The van der Waals surface area contributed by atoms with E-state index in [9.17, 15) is 13.6 Å². The predicted molar refractivity (Wildman–Crippen MR) is 100 cm³/mol. The molecule has 0 aliphatic heterocycles. The van der Waals surface area contributed by atoms with Crippen molar-refractivity contribution in [3.63, 3.8) is 0 Å². The van der Waals surface area contributed by atoms with Gasteiger partial charge in [0.15, 0.2) is 23.1 Å². The maximum atomic E-state index is 13.3. The Balaban J connectivity index is 2.09. The van der Waals surface area contributed by atoms with E-state index in [0.717, 1.165) is 23.3 Å². The van der Waals surface area contributed by atoms with Gasteiger partial charge in [-0.15, -0.1) is 0 Å². The number of nitrogens with zero attached hydrogens (tertiary/aromatic N) is 1. The fraction of sp³-hybridized carbons (Fsp3) is 0.350. The van der Waals surface area contributed by atoms with Crippen molar-refractivity contribution in [1.82, 2.24) is 4.90 Å². The molecule has 0 bridgehead atoms. The van der Waals surface area contributed by atoms with Crippen LogP contribution in [0.4, 0.5) is 14.5 Å². The van der Waals surface area contributed by atoms with Crippen LogP contribution in [0.15, 0.2) is 30.3 Å². The Kier molecular flexibility index (Phi) is 6.74. The summed E-state index contributed by atoms with van der Waals surface area (Å²) < 4.78 is 36.9. The molecule has 0 heterocycles. The molecule has 1 amide bonds. The van der Waals surface area contributed by atoms with Gasteiger partial charge in [-0.2, -0.15) is 0 Å². The van der Waals surface area contributed by atoms with Crippen molar-refractivity contribution in [3.8, 4) is 11.5 Å². The molecule has 1 N–H and O–H groups in total. The van der Waals surface area contributed by atoms with Crippen molar-refractivity contribution < 1.29 is 23.0 Å². The molecular weight excluding hydrogens is 354 g/mol. The molecule has 0 spiro atoms. The zero-order chi connectivity index (χ0) is 20.1. The molecular formula is C20H24F2N2O3. The standard InChI is InChI=1S/C20H24F2N2O3/c1-12-8-18(26-4)19(27-5)9-14(12)11-24(3)13(2)20(25)23-15-6-7-16(21)17(22)10-15/h6-10,13H,11H2,1-5H3,(H,23,25)/t13-/m0/s1. The monoisotopic (exact) mass is 378 g/mol. The summed E-state index contributed by atoms with van der Waals surface area (Å²) in [5.74, 6) is -1.02. The number of halogens is 2. The normalized spacial score (nSPS) is 12.0. The number of likely N-dealkylation sites (N-methyl/N-ethyl adjacent to an activating group) is 1. The third kappa shape index (κ3) is 4.95. The first-order chi connectivity index (χ1) is 12.8. The van der Waals surface area contributed by atoms with E-state index in [1.807, 2.05) is 31.0 Å². The maximum Gasteiger partial charge on any atom is 0.241 e. The molecule has 0 fully saturated rings. The average Bonchev–Trinajstić information content (AvgIpc) is 2.65. The predicted octanol–water partition coefficient (Wildman–Crippen LogP) is 3.75. The SMILES string of the molecule is COc1cc(C)c(CN(C)[C@@H](C)C(=O)Nc2ccc(F)c(F)c2)cc1OC. The molecule has 2 rings (SSSR count). The van der Waals surface area contributed by atoms with Gasteiger partial charge in [0.1, 0.15) is 0 Å². The lowest BCUT2D eigenvalue weighted by molar-refractivity contribution is -0.120. The van der Waals surface area contributed by atoms with Gasteiger partial charge in [-0.05, 0) is 56.3 Å². The summed E-state index contributed by atoms with van der Waals surface area (Å²) >= 11 is 0. The molecule has 1 atom stereocenters. The fourth-order valence-corrected chi connectivity index (χ4v) is 2.62. The average molecular weight is 378 g/mol. The third-order valence-electron chi connectivity index (χ3n) is 4.49. The number of nitrogens with one attached hydrogen (secondary N) is 1. The molecule has 5 nitrogen and oxygen atoms in total. The van der Waals surface area contributed by atoms with Crippen LogP contribution in [-0.2, 0) is 11.3 Å². The van der Waals surface area contributed by atoms with Crippen LogP contribution in [-0.4, -0.2) is 38.1 Å². The van der Waals surface area contributed by atoms with Crippen LogP contribution in [0.2, 0.25) is 0 Å². The second-order valence-corrected chi connectivity index (χ2v) is 6.34. The van der Waals surface area contributed by atoms with Crippen molar-refractivity contribution >= 4 is 11.6 Å². The van der Waals surface area contributed by atoms with Gasteiger partial charge < -0.3 is 14.8 Å². The molecule has 2 aromatic rings. The first-order valence-electron chi connectivity index (χ1n) is 8.44. The summed E-state index contributed by atoms with van der Waals surface area (Å²) in [5, 5.41) is 2.60. The van der Waals surface area contributed by atoms with Crippen LogP contribution in [0, 0.1) is 18.6 Å². The molecule has 0 saturated heterocycles. The lowest BCUT2D eigenvalue weighted by Crippen LogP contribution is -2.39. The van der Waals surface area contributed by atoms with Crippen LogP contribution in [0.1, 0.15) is 18.1 Å². The largest absolute Gasteiger partial charge is 0.493 e. The van der Waals surface area contributed by atoms with E-state index in [4.69, 9.17) is 9.47 Å². The quantitative estimate of drug-likeness (QED) is 0.797. The molecule has 27 heavy (non-hydrogen) atoms. The van der Waals surface area contributed by atoms with Crippen LogP contribution < -0.4 is 14.8 Å². The van der Waals surface area contributed by atoms with E-state index < -0.39 is 17.7 Å². The number of ether oxygens (including phenoxy) is 2. The molecule has 0 aliphatic rings. The van der Waals surface area contributed by atoms with Crippen LogP contribution in [0.5, 0.6) is 11.5 Å². The molecule has 2 aromatic carbocycles. The van der Waals surface area contributed by atoms with E-state index in [1.54, 1.807) is 21.1 Å². The highest BCUT2D eigenvalue weighted by Crippen LogP contribution is 2.31. The number of hydrogen-bond donors (Lipinski definition) is 1. The number of hydrogen-bond acceptors (Lipinski definition) is 4. The highest BCUT2D eigenvalue weighted by atomic mass is 19.2. The summed E-state index contributed by atoms with van der Waals surface area (Å²) in [5.41, 5.74) is 2.21. The number of carbonyl (C=O) groups excluding carboxylic acids is 1. The van der Waals surface area contributed by atoms with E-state index in [-0.39, 0.29) is 11.6 Å². The lowest BCUT2D eigenvalue weighted by atomic mass is 10.1. The molecule has 0 unspecified atom stereocenters. The Hall–Kier alpha value is -2.67. The minimum atomic E-state index is -1.00. The van der Waals surface area contributed by atoms with Crippen LogP contribution in [0.3, 0.4) is 0 Å². The number of carbonyl (C=O) groups is 1. The summed E-state index contributed by atoms with van der Waals surface area (Å²) in [4.78, 5) is 14.3. The van der Waals surface area contributed by atoms with Gasteiger partial charge in [-0.25, -0.2) is 8.78 Å². The van der Waals surface area contributed by atoms with E-state index in [0.29, 0.717) is 18.0 Å². The number of methoxy groups -OCH3 is 2. The Morgan fingerprint density at radius 3 is 2.33 bits per heavy atom. The van der Waals surface area contributed by atoms with E-state index >= 15 is 0 Å². The highest BCUT2D eigenvalue weighted by molar-refractivity contribution is 5.94. The van der Waals surface area contributed by atoms with Crippen molar-refractivity contribution in [3.05, 3.63) is 53.1 Å². The number of anilines is 1. The molecule has 7 heteroatoms. The molecule has 0 aliphatic carbocycles. The molecule has 146 valence electrons. The second kappa shape index (κ2) is 8.81. The Morgan fingerprint density at radius 2 is 1.74 bits per heavy atom. The van der Waals surface area contributed by atoms with Gasteiger partial charge in [-0.1, -0.05) is 0 Å². The summed E-state index contributed by atoms with van der Waals surface area (Å²) in [6.07, 6.45) is 0. The number of rotatable bonds is 7. The highest BCUT2D eigenvalue weighted by Gasteiger charge is 2.20. The fourth-order valence-electron chi connectivity index (χ4n) is 2.62. The van der Waals surface area contributed by atoms with Crippen LogP contribution >= 0.6 is 0 Å². The minimum absolute atomic E-state index is 0.210. The minimum Gasteiger partial charge on any atom is -0.493 e. The van der Waals surface area contributed by atoms with Gasteiger partial charge in [0, 0.05) is 18.3 Å². The maximum absolute atomic E-state index is 13.3.